The van der Waals surface area contributed by atoms with Gasteiger partial charge in [0.15, 0.2) is 5.82 Å². The second kappa shape index (κ2) is 6.07. The van der Waals surface area contributed by atoms with Crippen LogP contribution in [0.3, 0.4) is 0 Å². The second-order valence-corrected chi connectivity index (χ2v) is 4.48. The molecule has 0 unspecified atom stereocenters. The Hall–Kier alpha value is -2.54. The quantitative estimate of drug-likeness (QED) is 0.743. The Morgan fingerprint density at radius 3 is 2.45 bits per heavy atom. The van der Waals surface area contributed by atoms with Crippen molar-refractivity contribution >= 4 is 40.3 Å². The van der Waals surface area contributed by atoms with Gasteiger partial charge < -0.3 is 16.4 Å². The molecule has 102 valence electrons. The van der Waals surface area contributed by atoms with Crippen molar-refractivity contribution in [3.8, 4) is 0 Å². The van der Waals surface area contributed by atoms with Crippen LogP contribution in [0.25, 0.3) is 0 Å². The van der Waals surface area contributed by atoms with Crippen molar-refractivity contribution in [3.63, 3.8) is 0 Å². The SMILES string of the molecule is CC(=O)Nc1ccc(Nc2nnccc2C(N)=S)cc1. The number of thiocarbonyl (C=S) groups is 1. The molecule has 0 aliphatic carbocycles. The zero-order chi connectivity index (χ0) is 14.5. The molecule has 4 N–H and O–H groups in total. The molecule has 0 saturated carbocycles. The highest BCUT2D eigenvalue weighted by Crippen LogP contribution is 2.19. The third kappa shape index (κ3) is 3.48. The van der Waals surface area contributed by atoms with Crippen molar-refractivity contribution in [2.24, 2.45) is 5.73 Å². The summed E-state index contributed by atoms with van der Waals surface area (Å²) in [5.74, 6) is 0.377. The zero-order valence-electron chi connectivity index (χ0n) is 10.8. The minimum absolute atomic E-state index is 0.115. The number of nitrogens with two attached hydrogens (primary N) is 1. The largest absolute Gasteiger partial charge is 0.389 e. The molecule has 20 heavy (non-hydrogen) atoms. The molecule has 0 spiro atoms. The fourth-order valence-electron chi connectivity index (χ4n) is 1.60. The molecule has 2 rings (SSSR count). The number of amides is 1. The Bertz CT molecular complexity index is 641. The fraction of sp³-hybridized carbons (Fsp3) is 0.0769. The number of benzene rings is 1. The molecule has 7 heteroatoms. The van der Waals surface area contributed by atoms with Crippen molar-refractivity contribution in [2.45, 2.75) is 6.92 Å². The van der Waals surface area contributed by atoms with Crippen LogP contribution in [0, 0.1) is 0 Å². The highest BCUT2D eigenvalue weighted by molar-refractivity contribution is 7.80. The molecule has 0 saturated heterocycles. The first-order chi connectivity index (χ1) is 9.56. The van der Waals surface area contributed by atoms with Gasteiger partial charge in [-0.25, -0.2) is 0 Å². The molecule has 6 nitrogen and oxygen atoms in total. The van der Waals surface area contributed by atoms with Crippen LogP contribution in [0.1, 0.15) is 12.5 Å². The molecule has 1 aromatic heterocycles. The molecule has 0 bridgehead atoms. The van der Waals surface area contributed by atoms with E-state index in [1.165, 1.54) is 13.1 Å². The van der Waals surface area contributed by atoms with E-state index in [9.17, 15) is 4.79 Å². The molecule has 0 atom stereocenters. The van der Waals surface area contributed by atoms with Gasteiger partial charge in [-0.1, -0.05) is 12.2 Å². The van der Waals surface area contributed by atoms with Crippen LogP contribution in [0.2, 0.25) is 0 Å². The van der Waals surface area contributed by atoms with E-state index >= 15 is 0 Å². The summed E-state index contributed by atoms with van der Waals surface area (Å²) in [7, 11) is 0. The van der Waals surface area contributed by atoms with Crippen LogP contribution in [0.5, 0.6) is 0 Å². The third-order valence-electron chi connectivity index (χ3n) is 2.45. The van der Waals surface area contributed by atoms with Gasteiger partial charge in [-0.15, -0.1) is 5.10 Å². The molecule has 1 amide bonds. The smallest absolute Gasteiger partial charge is 0.221 e. The molecule has 0 radical (unpaired) electrons. The maximum absolute atomic E-state index is 10.9. The Kier molecular flexibility index (Phi) is 4.21. The molecule has 1 aromatic carbocycles. The maximum Gasteiger partial charge on any atom is 0.221 e. The van der Waals surface area contributed by atoms with E-state index in [4.69, 9.17) is 18.0 Å². The van der Waals surface area contributed by atoms with Crippen molar-refractivity contribution in [1.82, 2.24) is 10.2 Å². The summed E-state index contributed by atoms with van der Waals surface area (Å²) in [6.45, 7) is 1.46. The molecular formula is C13H13N5OS. The molecular weight excluding hydrogens is 274 g/mol. The van der Waals surface area contributed by atoms with E-state index in [1.54, 1.807) is 18.2 Å². The lowest BCUT2D eigenvalue weighted by Crippen LogP contribution is -2.13. The van der Waals surface area contributed by atoms with Gasteiger partial charge in [-0.05, 0) is 30.3 Å². The number of anilines is 3. The van der Waals surface area contributed by atoms with Crippen molar-refractivity contribution in [2.75, 3.05) is 10.6 Å². The maximum atomic E-state index is 10.9. The second-order valence-electron chi connectivity index (χ2n) is 4.04. The summed E-state index contributed by atoms with van der Waals surface area (Å²) in [5.41, 5.74) is 7.76. The Balaban J connectivity index is 2.18. The Labute approximate surface area is 121 Å². The summed E-state index contributed by atoms with van der Waals surface area (Å²) in [6, 6.07) is 8.87. The normalized spacial score (nSPS) is 9.85. The fourth-order valence-corrected chi connectivity index (χ4v) is 1.76. The van der Waals surface area contributed by atoms with Gasteiger partial charge in [-0.2, -0.15) is 5.10 Å². The van der Waals surface area contributed by atoms with Crippen molar-refractivity contribution in [3.05, 3.63) is 42.1 Å². The Morgan fingerprint density at radius 2 is 1.85 bits per heavy atom. The van der Waals surface area contributed by atoms with E-state index in [1.807, 2.05) is 12.1 Å². The van der Waals surface area contributed by atoms with Crippen molar-refractivity contribution < 1.29 is 4.79 Å². The van der Waals surface area contributed by atoms with Gasteiger partial charge in [0.1, 0.15) is 4.99 Å². The molecule has 1 heterocycles. The van der Waals surface area contributed by atoms with Crippen LogP contribution < -0.4 is 16.4 Å². The first-order valence-electron chi connectivity index (χ1n) is 5.82. The summed E-state index contributed by atoms with van der Waals surface area (Å²) in [6.07, 6.45) is 1.53. The first-order valence-corrected chi connectivity index (χ1v) is 6.23. The predicted molar refractivity (Wildman–Crippen MR) is 81.9 cm³/mol. The van der Waals surface area contributed by atoms with Gasteiger partial charge in [-0.3, -0.25) is 4.79 Å². The number of carbonyl (C=O) groups is 1. The molecule has 0 aliphatic heterocycles. The molecule has 0 fully saturated rings. The highest BCUT2D eigenvalue weighted by Gasteiger charge is 2.07. The average Bonchev–Trinajstić information content (AvgIpc) is 2.41. The standard InChI is InChI=1S/C13H13N5OS/c1-8(19)16-9-2-4-10(5-3-9)17-13-11(12(14)20)6-7-15-18-13/h2-7H,1H3,(H2,14,20)(H,16,19)(H,17,18). The zero-order valence-corrected chi connectivity index (χ0v) is 11.6. The predicted octanol–water partition coefficient (Wildman–Crippen LogP) is 1.81. The van der Waals surface area contributed by atoms with Crippen LogP contribution in [-0.4, -0.2) is 21.1 Å². The lowest BCUT2D eigenvalue weighted by atomic mass is 10.2. The number of nitrogens with one attached hydrogen (secondary N) is 2. The van der Waals surface area contributed by atoms with E-state index in [2.05, 4.69) is 20.8 Å². The Morgan fingerprint density at radius 1 is 1.20 bits per heavy atom. The average molecular weight is 287 g/mol. The van der Waals surface area contributed by atoms with Gasteiger partial charge >= 0.3 is 0 Å². The van der Waals surface area contributed by atoms with Crippen LogP contribution >= 0.6 is 12.2 Å². The highest BCUT2D eigenvalue weighted by atomic mass is 32.1. The summed E-state index contributed by atoms with van der Waals surface area (Å²) < 4.78 is 0. The van der Waals surface area contributed by atoms with E-state index in [-0.39, 0.29) is 10.9 Å². The number of nitrogens with zero attached hydrogens (tertiary/aromatic N) is 2. The van der Waals surface area contributed by atoms with Gasteiger partial charge in [0.05, 0.1) is 11.8 Å². The van der Waals surface area contributed by atoms with Gasteiger partial charge in [0.25, 0.3) is 0 Å². The van der Waals surface area contributed by atoms with Crippen LogP contribution in [0.4, 0.5) is 17.2 Å². The van der Waals surface area contributed by atoms with Gasteiger partial charge in [0.2, 0.25) is 5.91 Å². The number of aromatic nitrogens is 2. The number of carbonyl (C=O) groups excluding carboxylic acids is 1. The topological polar surface area (TPSA) is 92.9 Å². The van der Waals surface area contributed by atoms with E-state index in [0.29, 0.717) is 11.4 Å². The lowest BCUT2D eigenvalue weighted by Gasteiger charge is -2.09. The third-order valence-corrected chi connectivity index (χ3v) is 2.67. The van der Waals surface area contributed by atoms with Crippen LogP contribution in [0.15, 0.2) is 36.5 Å². The number of hydrogen-bond acceptors (Lipinski definition) is 5. The van der Waals surface area contributed by atoms with E-state index in [0.717, 1.165) is 11.4 Å². The molecule has 0 aliphatic rings. The summed E-state index contributed by atoms with van der Waals surface area (Å²) in [4.78, 5) is 11.2. The van der Waals surface area contributed by atoms with Crippen molar-refractivity contribution in [1.29, 1.82) is 0 Å². The number of hydrogen-bond donors (Lipinski definition) is 3. The minimum Gasteiger partial charge on any atom is -0.389 e. The first kappa shape index (κ1) is 13.9. The minimum atomic E-state index is -0.115. The van der Waals surface area contributed by atoms with Gasteiger partial charge in [0, 0.05) is 18.3 Å². The summed E-state index contributed by atoms with van der Waals surface area (Å²) >= 11 is 4.96. The summed E-state index contributed by atoms with van der Waals surface area (Å²) in [5, 5.41) is 13.5. The monoisotopic (exact) mass is 287 g/mol. The lowest BCUT2D eigenvalue weighted by molar-refractivity contribution is -0.114. The van der Waals surface area contributed by atoms with E-state index < -0.39 is 0 Å². The van der Waals surface area contributed by atoms with Crippen LogP contribution in [-0.2, 0) is 4.79 Å². The molecule has 2 aromatic rings. The number of rotatable bonds is 4.